The van der Waals surface area contributed by atoms with Gasteiger partial charge < -0.3 is 4.74 Å². The van der Waals surface area contributed by atoms with E-state index in [9.17, 15) is 0 Å². The zero-order valence-electron chi connectivity index (χ0n) is 11.2. The van der Waals surface area contributed by atoms with E-state index in [0.717, 1.165) is 18.6 Å². The Kier molecular flexibility index (Phi) is 6.20. The molecular weight excluding hydrogens is 228 g/mol. The van der Waals surface area contributed by atoms with Crippen molar-refractivity contribution in [2.45, 2.75) is 39.7 Å². The van der Waals surface area contributed by atoms with Gasteiger partial charge in [0.1, 0.15) is 5.75 Å². The molecule has 0 radical (unpaired) electrons. The summed E-state index contributed by atoms with van der Waals surface area (Å²) in [5, 5.41) is 2.16. The lowest BCUT2D eigenvalue weighted by atomic mass is 10.1. The van der Waals surface area contributed by atoms with Gasteiger partial charge in [0.05, 0.1) is 6.10 Å². The lowest BCUT2D eigenvalue weighted by molar-refractivity contribution is 0.210. The maximum atomic E-state index is 5.82. The number of allylic oxidation sites excluding steroid dienone is 1. The van der Waals surface area contributed by atoms with Crippen LogP contribution in [0, 0.1) is 0 Å². The summed E-state index contributed by atoms with van der Waals surface area (Å²) < 4.78 is 5.82. The first-order valence-electron chi connectivity index (χ1n) is 6.14. The first-order chi connectivity index (χ1) is 8.17. The van der Waals surface area contributed by atoms with Gasteiger partial charge >= 0.3 is 0 Å². The molecule has 0 aliphatic carbocycles. The Bertz CT molecular complexity index is 354. The third-order valence-electron chi connectivity index (χ3n) is 2.64. The molecule has 0 aliphatic heterocycles. The molecule has 0 saturated carbocycles. The number of hydrogen-bond donors (Lipinski definition) is 0. The maximum Gasteiger partial charge on any atom is 0.119 e. The van der Waals surface area contributed by atoms with Crippen molar-refractivity contribution in [2.75, 3.05) is 6.26 Å². The summed E-state index contributed by atoms with van der Waals surface area (Å²) in [5.41, 5.74) is 2.56. The third-order valence-corrected chi connectivity index (χ3v) is 3.23. The molecule has 0 aromatic heterocycles. The van der Waals surface area contributed by atoms with Crippen molar-refractivity contribution in [1.82, 2.24) is 0 Å². The summed E-state index contributed by atoms with van der Waals surface area (Å²) >= 11 is 1.73. The number of benzene rings is 1. The van der Waals surface area contributed by atoms with Crippen molar-refractivity contribution in [3.63, 3.8) is 0 Å². The fourth-order valence-corrected chi connectivity index (χ4v) is 2.23. The topological polar surface area (TPSA) is 9.23 Å². The van der Waals surface area contributed by atoms with E-state index < -0.39 is 0 Å². The van der Waals surface area contributed by atoms with E-state index in [1.54, 1.807) is 11.8 Å². The van der Waals surface area contributed by atoms with Gasteiger partial charge in [-0.05, 0) is 55.2 Å². The first-order valence-corrected chi connectivity index (χ1v) is 7.42. The van der Waals surface area contributed by atoms with Crippen LogP contribution in [0.3, 0.4) is 0 Å². The average molecular weight is 250 g/mol. The van der Waals surface area contributed by atoms with Crippen LogP contribution < -0.4 is 4.74 Å². The van der Waals surface area contributed by atoms with Crippen LogP contribution in [0.25, 0.3) is 5.57 Å². The largest absolute Gasteiger partial charge is 0.491 e. The molecule has 1 unspecified atom stereocenters. The number of rotatable bonds is 6. The highest BCUT2D eigenvalue weighted by atomic mass is 32.2. The lowest BCUT2D eigenvalue weighted by Crippen LogP contribution is -2.10. The summed E-state index contributed by atoms with van der Waals surface area (Å²) in [4.78, 5) is 0. The number of thioether (sulfide) groups is 1. The van der Waals surface area contributed by atoms with E-state index in [4.69, 9.17) is 4.74 Å². The molecule has 0 aliphatic rings. The minimum Gasteiger partial charge on any atom is -0.491 e. The van der Waals surface area contributed by atoms with Crippen molar-refractivity contribution >= 4 is 17.3 Å². The van der Waals surface area contributed by atoms with Crippen LogP contribution in [0.5, 0.6) is 5.75 Å². The van der Waals surface area contributed by atoms with Gasteiger partial charge in [0.25, 0.3) is 0 Å². The second kappa shape index (κ2) is 7.44. The monoisotopic (exact) mass is 250 g/mol. The fourth-order valence-electron chi connectivity index (χ4n) is 1.74. The minimum atomic E-state index is 0.300. The molecule has 17 heavy (non-hydrogen) atoms. The normalized spacial score (nSPS) is 13.5. The molecule has 0 heterocycles. The molecule has 94 valence electrons. The Labute approximate surface area is 109 Å². The predicted molar refractivity (Wildman–Crippen MR) is 78.6 cm³/mol. The molecule has 1 aromatic carbocycles. The summed E-state index contributed by atoms with van der Waals surface area (Å²) in [6, 6.07) is 8.35. The highest BCUT2D eigenvalue weighted by Gasteiger charge is 2.02. The van der Waals surface area contributed by atoms with Crippen molar-refractivity contribution in [2.24, 2.45) is 0 Å². The average Bonchev–Trinajstić information content (AvgIpc) is 2.30. The van der Waals surface area contributed by atoms with Crippen molar-refractivity contribution in [3.05, 3.63) is 35.2 Å². The van der Waals surface area contributed by atoms with E-state index in [1.165, 1.54) is 11.1 Å². The van der Waals surface area contributed by atoms with Crippen molar-refractivity contribution in [3.8, 4) is 5.75 Å². The van der Waals surface area contributed by atoms with Crippen LogP contribution in [-0.2, 0) is 0 Å². The Morgan fingerprint density at radius 2 is 2.00 bits per heavy atom. The highest BCUT2D eigenvalue weighted by molar-refractivity contribution is 8.01. The summed E-state index contributed by atoms with van der Waals surface area (Å²) in [6.07, 6.45) is 4.64. The second-order valence-corrected chi connectivity index (χ2v) is 4.99. The van der Waals surface area contributed by atoms with E-state index in [-0.39, 0.29) is 0 Å². The van der Waals surface area contributed by atoms with E-state index in [1.807, 2.05) is 0 Å². The first kappa shape index (κ1) is 14.2. The fraction of sp³-hybridized carbons (Fsp3) is 0.467. The molecule has 0 N–H and O–H groups in total. The quantitative estimate of drug-likeness (QED) is 0.704. The molecule has 1 rings (SSSR count). The van der Waals surface area contributed by atoms with Crippen LogP contribution in [0.1, 0.15) is 39.2 Å². The lowest BCUT2D eigenvalue weighted by Gasteiger charge is -2.14. The highest BCUT2D eigenvalue weighted by Crippen LogP contribution is 2.21. The van der Waals surface area contributed by atoms with Gasteiger partial charge in [0.2, 0.25) is 0 Å². The molecule has 0 bridgehead atoms. The second-order valence-electron chi connectivity index (χ2n) is 4.28. The van der Waals surface area contributed by atoms with Gasteiger partial charge in [0, 0.05) is 0 Å². The van der Waals surface area contributed by atoms with Crippen LogP contribution in [0.15, 0.2) is 29.7 Å². The SMILES string of the molecule is CCCC(C)Oc1ccc(/C(C)=C/SC)cc1. The Hall–Kier alpha value is -0.890. The molecule has 2 heteroatoms. The van der Waals surface area contributed by atoms with Crippen molar-refractivity contribution in [1.29, 1.82) is 0 Å². The molecule has 1 nitrogen and oxygen atoms in total. The van der Waals surface area contributed by atoms with Crippen LogP contribution in [-0.4, -0.2) is 12.4 Å². The summed E-state index contributed by atoms with van der Waals surface area (Å²) in [6.45, 7) is 6.43. The Morgan fingerprint density at radius 1 is 1.35 bits per heavy atom. The van der Waals surface area contributed by atoms with Gasteiger partial charge in [-0.3, -0.25) is 0 Å². The molecule has 0 amide bonds. The zero-order valence-corrected chi connectivity index (χ0v) is 12.0. The molecule has 0 fully saturated rings. The van der Waals surface area contributed by atoms with Gasteiger partial charge in [0.15, 0.2) is 0 Å². The summed E-state index contributed by atoms with van der Waals surface area (Å²) in [7, 11) is 0. The Morgan fingerprint density at radius 3 is 2.53 bits per heavy atom. The molecule has 1 atom stereocenters. The minimum absolute atomic E-state index is 0.300. The standard InChI is InChI=1S/C15H22OS/c1-5-6-13(3)16-15-9-7-14(8-10-15)12(2)11-17-4/h7-11,13H,5-6H2,1-4H3/b12-11+. The third kappa shape index (κ3) is 4.86. The molecule has 1 aromatic rings. The maximum absolute atomic E-state index is 5.82. The van der Waals surface area contributed by atoms with Crippen LogP contribution in [0.4, 0.5) is 0 Å². The van der Waals surface area contributed by atoms with E-state index in [2.05, 4.69) is 56.7 Å². The van der Waals surface area contributed by atoms with Gasteiger partial charge in [-0.25, -0.2) is 0 Å². The van der Waals surface area contributed by atoms with Crippen LogP contribution >= 0.6 is 11.8 Å². The van der Waals surface area contributed by atoms with E-state index >= 15 is 0 Å². The molecule has 0 spiro atoms. The van der Waals surface area contributed by atoms with E-state index in [0.29, 0.717) is 6.10 Å². The van der Waals surface area contributed by atoms with Gasteiger partial charge in [-0.1, -0.05) is 25.5 Å². The van der Waals surface area contributed by atoms with Gasteiger partial charge in [-0.2, -0.15) is 0 Å². The summed E-state index contributed by atoms with van der Waals surface area (Å²) in [5.74, 6) is 0.964. The van der Waals surface area contributed by atoms with Crippen LogP contribution in [0.2, 0.25) is 0 Å². The van der Waals surface area contributed by atoms with Crippen molar-refractivity contribution < 1.29 is 4.74 Å². The molecule has 0 saturated heterocycles. The number of ether oxygens (including phenoxy) is 1. The van der Waals surface area contributed by atoms with Gasteiger partial charge in [-0.15, -0.1) is 11.8 Å². The smallest absolute Gasteiger partial charge is 0.119 e. The molecular formula is C15H22OS. The number of hydrogen-bond acceptors (Lipinski definition) is 2. The Balaban J connectivity index is 2.65. The zero-order chi connectivity index (χ0) is 12.7. The predicted octanol–water partition coefficient (Wildman–Crippen LogP) is 4.98.